The molecule has 0 amide bonds. The summed E-state index contributed by atoms with van der Waals surface area (Å²) in [6, 6.07) is 0. The van der Waals surface area contributed by atoms with Crippen molar-refractivity contribution >= 4 is 5.97 Å². The normalized spacial score (nSPS) is 12.5. The van der Waals surface area contributed by atoms with Crippen LogP contribution in [0.2, 0.25) is 0 Å². The van der Waals surface area contributed by atoms with E-state index in [4.69, 9.17) is 4.74 Å². The molecular weight excluding hydrogens is 360 g/mol. The van der Waals surface area contributed by atoms with Crippen molar-refractivity contribution in [2.45, 2.75) is 142 Å². The van der Waals surface area contributed by atoms with Crippen molar-refractivity contribution < 1.29 is 14.6 Å². The highest BCUT2D eigenvalue weighted by molar-refractivity contribution is 5.69. The van der Waals surface area contributed by atoms with Crippen LogP contribution in [-0.4, -0.2) is 23.8 Å². The molecule has 0 rings (SSSR count). The van der Waals surface area contributed by atoms with Crippen molar-refractivity contribution in [3.05, 3.63) is 12.2 Å². The zero-order valence-corrected chi connectivity index (χ0v) is 19.6. The van der Waals surface area contributed by atoms with Crippen LogP contribution in [0.4, 0.5) is 0 Å². The molecule has 3 heteroatoms. The Balaban J connectivity index is 3.30. The maximum atomic E-state index is 11.7. The van der Waals surface area contributed by atoms with Gasteiger partial charge in [0.1, 0.15) is 0 Å². The monoisotopic (exact) mass is 410 g/mol. The molecule has 0 heterocycles. The Morgan fingerprint density at radius 3 is 2.07 bits per heavy atom. The van der Waals surface area contributed by atoms with E-state index in [1.807, 2.05) is 0 Å². The molecule has 172 valence electrons. The number of aliphatic hydroxyl groups is 1. The van der Waals surface area contributed by atoms with E-state index in [2.05, 4.69) is 26.0 Å². The summed E-state index contributed by atoms with van der Waals surface area (Å²) in [5.74, 6) is -0.0188. The molecule has 0 aromatic heterocycles. The first-order valence-electron chi connectivity index (χ1n) is 12.7. The van der Waals surface area contributed by atoms with Crippen LogP contribution < -0.4 is 0 Å². The summed E-state index contributed by atoms with van der Waals surface area (Å²) >= 11 is 0. The quantitative estimate of drug-likeness (QED) is 0.112. The SMILES string of the molecule is CCCCCCCCOC(=O)CCCCCCCC=CC[C@H](O)CCCCCC. The molecule has 1 atom stereocenters. The van der Waals surface area contributed by atoms with E-state index < -0.39 is 0 Å². The van der Waals surface area contributed by atoms with Crippen molar-refractivity contribution in [2.75, 3.05) is 6.61 Å². The maximum Gasteiger partial charge on any atom is 0.305 e. The lowest BCUT2D eigenvalue weighted by Crippen LogP contribution is -2.05. The molecule has 1 N–H and O–H groups in total. The molecule has 0 spiro atoms. The third-order valence-corrected chi connectivity index (χ3v) is 5.48. The van der Waals surface area contributed by atoms with Gasteiger partial charge in [0.2, 0.25) is 0 Å². The summed E-state index contributed by atoms with van der Waals surface area (Å²) in [5, 5.41) is 9.92. The highest BCUT2D eigenvalue weighted by atomic mass is 16.5. The fraction of sp³-hybridized carbons (Fsp3) is 0.885. The van der Waals surface area contributed by atoms with E-state index in [0.717, 1.165) is 44.9 Å². The minimum atomic E-state index is -0.163. The largest absolute Gasteiger partial charge is 0.466 e. The van der Waals surface area contributed by atoms with Crippen LogP contribution in [0.15, 0.2) is 12.2 Å². The Morgan fingerprint density at radius 1 is 0.759 bits per heavy atom. The first kappa shape index (κ1) is 28.2. The second-order valence-electron chi connectivity index (χ2n) is 8.50. The van der Waals surface area contributed by atoms with E-state index in [-0.39, 0.29) is 12.1 Å². The molecule has 0 saturated heterocycles. The third-order valence-electron chi connectivity index (χ3n) is 5.48. The zero-order valence-electron chi connectivity index (χ0n) is 19.6. The Bertz CT molecular complexity index is 365. The van der Waals surface area contributed by atoms with Gasteiger partial charge in [0.25, 0.3) is 0 Å². The summed E-state index contributed by atoms with van der Waals surface area (Å²) in [7, 11) is 0. The van der Waals surface area contributed by atoms with Gasteiger partial charge in [-0.2, -0.15) is 0 Å². The van der Waals surface area contributed by atoms with Gasteiger partial charge in [-0.15, -0.1) is 0 Å². The molecule has 0 aliphatic carbocycles. The van der Waals surface area contributed by atoms with E-state index in [1.54, 1.807) is 0 Å². The minimum absolute atomic E-state index is 0.0188. The smallest absolute Gasteiger partial charge is 0.305 e. The van der Waals surface area contributed by atoms with Gasteiger partial charge in [-0.25, -0.2) is 0 Å². The third kappa shape index (κ3) is 23.3. The molecule has 3 nitrogen and oxygen atoms in total. The molecule has 0 unspecified atom stereocenters. The van der Waals surface area contributed by atoms with E-state index in [1.165, 1.54) is 70.6 Å². The zero-order chi connectivity index (χ0) is 21.4. The summed E-state index contributed by atoms with van der Waals surface area (Å²) in [5.41, 5.74) is 0. The lowest BCUT2D eigenvalue weighted by molar-refractivity contribution is -0.143. The molecular formula is C26H50O3. The maximum absolute atomic E-state index is 11.7. The predicted octanol–water partition coefficient (Wildman–Crippen LogP) is 7.90. The van der Waals surface area contributed by atoms with Gasteiger partial charge in [-0.05, 0) is 38.5 Å². The predicted molar refractivity (Wildman–Crippen MR) is 125 cm³/mol. The molecule has 0 aliphatic rings. The van der Waals surface area contributed by atoms with Gasteiger partial charge >= 0.3 is 5.97 Å². The lowest BCUT2D eigenvalue weighted by atomic mass is 10.1. The summed E-state index contributed by atoms with van der Waals surface area (Å²) in [6.07, 6.45) is 25.6. The van der Waals surface area contributed by atoms with Crippen molar-refractivity contribution in [1.82, 2.24) is 0 Å². The van der Waals surface area contributed by atoms with Crippen molar-refractivity contribution in [3.63, 3.8) is 0 Å². The number of aliphatic hydroxyl groups excluding tert-OH is 1. The Labute approximate surface area is 181 Å². The Kier molecular flexibility index (Phi) is 22.8. The van der Waals surface area contributed by atoms with Gasteiger partial charge in [0.15, 0.2) is 0 Å². The summed E-state index contributed by atoms with van der Waals surface area (Å²) in [6.45, 7) is 5.04. The number of allylic oxidation sites excluding steroid dienone is 1. The fourth-order valence-corrected chi connectivity index (χ4v) is 3.50. The van der Waals surface area contributed by atoms with Crippen LogP contribution >= 0.6 is 0 Å². The molecule has 0 saturated carbocycles. The number of ether oxygens (including phenoxy) is 1. The van der Waals surface area contributed by atoms with Gasteiger partial charge in [0, 0.05) is 6.42 Å². The highest BCUT2D eigenvalue weighted by Gasteiger charge is 2.03. The molecule has 0 aromatic carbocycles. The molecule has 0 fully saturated rings. The second-order valence-corrected chi connectivity index (χ2v) is 8.50. The number of carbonyl (C=O) groups excluding carboxylic acids is 1. The van der Waals surface area contributed by atoms with Crippen molar-refractivity contribution in [3.8, 4) is 0 Å². The molecule has 0 radical (unpaired) electrons. The number of hydrogen-bond acceptors (Lipinski definition) is 3. The molecule has 29 heavy (non-hydrogen) atoms. The van der Waals surface area contributed by atoms with Gasteiger partial charge in [-0.1, -0.05) is 103 Å². The standard InChI is InChI=1S/C26H50O3/c1-3-5-7-9-16-20-24-29-26(28)23-19-15-13-11-10-12-14-18-22-25(27)21-17-8-6-4-2/h14,18,25,27H,3-13,15-17,19-24H2,1-2H3/t25-/m1/s1. The molecule has 0 aromatic rings. The first-order valence-corrected chi connectivity index (χ1v) is 12.7. The van der Waals surface area contributed by atoms with E-state index in [9.17, 15) is 9.90 Å². The van der Waals surface area contributed by atoms with Crippen LogP contribution in [-0.2, 0) is 9.53 Å². The fourth-order valence-electron chi connectivity index (χ4n) is 3.50. The number of unbranched alkanes of at least 4 members (excludes halogenated alkanes) is 13. The van der Waals surface area contributed by atoms with E-state index in [0.29, 0.717) is 13.0 Å². The summed E-state index contributed by atoms with van der Waals surface area (Å²) in [4.78, 5) is 11.7. The minimum Gasteiger partial charge on any atom is -0.466 e. The highest BCUT2D eigenvalue weighted by Crippen LogP contribution is 2.11. The van der Waals surface area contributed by atoms with Crippen LogP contribution in [0.5, 0.6) is 0 Å². The van der Waals surface area contributed by atoms with E-state index >= 15 is 0 Å². The topological polar surface area (TPSA) is 46.5 Å². The van der Waals surface area contributed by atoms with Gasteiger partial charge < -0.3 is 9.84 Å². The molecule has 0 aliphatic heterocycles. The Morgan fingerprint density at radius 2 is 1.34 bits per heavy atom. The number of rotatable bonds is 22. The number of hydrogen-bond donors (Lipinski definition) is 1. The molecule has 0 bridgehead atoms. The Hall–Kier alpha value is -0.830. The van der Waals surface area contributed by atoms with Crippen molar-refractivity contribution in [1.29, 1.82) is 0 Å². The second kappa shape index (κ2) is 23.4. The first-order chi connectivity index (χ1) is 14.2. The summed E-state index contributed by atoms with van der Waals surface area (Å²) < 4.78 is 5.31. The van der Waals surface area contributed by atoms with Crippen molar-refractivity contribution in [2.24, 2.45) is 0 Å². The lowest BCUT2D eigenvalue weighted by Gasteiger charge is -2.07. The van der Waals surface area contributed by atoms with Crippen LogP contribution in [0, 0.1) is 0 Å². The van der Waals surface area contributed by atoms with Crippen LogP contribution in [0.1, 0.15) is 136 Å². The number of carbonyl (C=O) groups is 1. The average Bonchev–Trinajstić information content (AvgIpc) is 2.72. The van der Waals surface area contributed by atoms with Crippen LogP contribution in [0.25, 0.3) is 0 Å². The van der Waals surface area contributed by atoms with Gasteiger partial charge in [-0.3, -0.25) is 4.79 Å². The van der Waals surface area contributed by atoms with Crippen LogP contribution in [0.3, 0.4) is 0 Å². The number of esters is 1. The average molecular weight is 411 g/mol. The van der Waals surface area contributed by atoms with Gasteiger partial charge in [0.05, 0.1) is 12.7 Å².